The monoisotopic (exact) mass is 368 g/mol. The normalized spacial score (nSPS) is 12.9. The summed E-state index contributed by atoms with van der Waals surface area (Å²) in [6.07, 6.45) is -4.08. The van der Waals surface area contributed by atoms with Gasteiger partial charge in [0.05, 0.1) is 5.69 Å². The van der Waals surface area contributed by atoms with Crippen LogP contribution in [0.5, 0.6) is 5.75 Å². The first kappa shape index (κ1) is 17.8. The Balaban J connectivity index is 2.76. The molecule has 3 N–H and O–H groups in total. The topological polar surface area (TPSA) is 64.4 Å². The van der Waals surface area contributed by atoms with Crippen molar-refractivity contribution in [3.05, 3.63) is 22.7 Å². The first-order chi connectivity index (χ1) is 9.71. The minimum Gasteiger partial charge on any atom is -0.404 e. The minimum atomic E-state index is -4.83. The largest absolute Gasteiger partial charge is 0.573 e. The van der Waals surface area contributed by atoms with E-state index in [9.17, 15) is 18.0 Å². The molecular weight excluding hydrogens is 353 g/mol. The van der Waals surface area contributed by atoms with Crippen molar-refractivity contribution in [2.75, 3.05) is 11.9 Å². The van der Waals surface area contributed by atoms with Gasteiger partial charge in [0.1, 0.15) is 0 Å². The van der Waals surface area contributed by atoms with E-state index in [0.717, 1.165) is 6.07 Å². The molecule has 1 aromatic carbocycles. The number of amides is 1. The van der Waals surface area contributed by atoms with Gasteiger partial charge in [-0.3, -0.25) is 4.79 Å². The van der Waals surface area contributed by atoms with E-state index in [2.05, 4.69) is 26.0 Å². The van der Waals surface area contributed by atoms with Crippen molar-refractivity contribution in [1.29, 1.82) is 0 Å². The van der Waals surface area contributed by atoms with Gasteiger partial charge in [-0.15, -0.1) is 13.2 Å². The van der Waals surface area contributed by atoms with Crippen molar-refractivity contribution in [3.8, 4) is 5.75 Å². The zero-order valence-electron chi connectivity index (χ0n) is 11.3. The Bertz CT molecular complexity index is 495. The molecule has 1 rings (SSSR count). The van der Waals surface area contributed by atoms with Crippen LogP contribution in [0.3, 0.4) is 0 Å². The number of nitrogens with one attached hydrogen (secondary N) is 1. The van der Waals surface area contributed by atoms with Crippen LogP contribution in [0.4, 0.5) is 18.9 Å². The van der Waals surface area contributed by atoms with Crippen LogP contribution < -0.4 is 15.8 Å². The Labute approximate surface area is 129 Å². The third-order valence-corrected chi connectivity index (χ3v) is 3.20. The van der Waals surface area contributed by atoms with Crippen molar-refractivity contribution in [1.82, 2.24) is 0 Å². The van der Waals surface area contributed by atoms with E-state index in [0.29, 0.717) is 17.4 Å². The quantitative estimate of drug-likeness (QED) is 0.805. The number of rotatable bonds is 6. The molecule has 0 saturated carbocycles. The fourth-order valence-corrected chi connectivity index (χ4v) is 1.86. The number of alkyl halides is 3. The Morgan fingerprint density at radius 3 is 2.71 bits per heavy atom. The number of hydrogen-bond acceptors (Lipinski definition) is 3. The number of nitrogens with two attached hydrogens (primary N) is 1. The first-order valence-electron chi connectivity index (χ1n) is 6.26. The molecule has 8 heteroatoms. The van der Waals surface area contributed by atoms with E-state index in [1.807, 2.05) is 6.92 Å². The predicted molar refractivity (Wildman–Crippen MR) is 76.9 cm³/mol. The highest BCUT2D eigenvalue weighted by Gasteiger charge is 2.32. The van der Waals surface area contributed by atoms with Gasteiger partial charge >= 0.3 is 6.36 Å². The molecule has 1 amide bonds. The molecular formula is C13H16BrF3N2O2. The standard InChI is InChI=1S/C13H16BrF3N2O2/c1-8(7-18)2-5-12(20)19-10-4-3-9(14)6-11(10)21-13(15,16)17/h3-4,6,8H,2,5,7,18H2,1H3,(H,19,20). The predicted octanol–water partition coefficient (Wildman–Crippen LogP) is 3.66. The Hall–Kier alpha value is -1.28. The average molecular weight is 369 g/mol. The van der Waals surface area contributed by atoms with Gasteiger partial charge in [-0.05, 0) is 37.1 Å². The van der Waals surface area contributed by atoms with Crippen molar-refractivity contribution in [2.45, 2.75) is 26.1 Å². The zero-order valence-corrected chi connectivity index (χ0v) is 12.9. The van der Waals surface area contributed by atoms with Crippen LogP contribution in [0.25, 0.3) is 0 Å². The molecule has 4 nitrogen and oxygen atoms in total. The summed E-state index contributed by atoms with van der Waals surface area (Å²) >= 11 is 3.06. The molecule has 1 unspecified atom stereocenters. The number of benzene rings is 1. The molecule has 118 valence electrons. The molecule has 0 aromatic heterocycles. The maximum absolute atomic E-state index is 12.3. The van der Waals surface area contributed by atoms with Gasteiger partial charge in [0.2, 0.25) is 5.91 Å². The molecule has 0 bridgehead atoms. The molecule has 0 heterocycles. The number of halogens is 4. The van der Waals surface area contributed by atoms with Crippen LogP contribution in [0.2, 0.25) is 0 Å². The van der Waals surface area contributed by atoms with Gasteiger partial charge in [-0.2, -0.15) is 0 Å². The summed E-state index contributed by atoms with van der Waals surface area (Å²) in [4.78, 5) is 11.7. The summed E-state index contributed by atoms with van der Waals surface area (Å²) in [6, 6.07) is 4.00. The fourth-order valence-electron chi connectivity index (χ4n) is 1.52. The van der Waals surface area contributed by atoms with Crippen LogP contribution in [0.15, 0.2) is 22.7 Å². The van der Waals surface area contributed by atoms with Gasteiger partial charge in [-0.25, -0.2) is 0 Å². The summed E-state index contributed by atoms with van der Waals surface area (Å²) in [6.45, 7) is 2.35. The summed E-state index contributed by atoms with van der Waals surface area (Å²) < 4.78 is 41.3. The molecule has 1 atom stereocenters. The van der Waals surface area contributed by atoms with Crippen LogP contribution in [-0.2, 0) is 4.79 Å². The minimum absolute atomic E-state index is 0.0269. The van der Waals surface area contributed by atoms with Crippen molar-refractivity contribution < 1.29 is 22.7 Å². The Morgan fingerprint density at radius 2 is 2.14 bits per heavy atom. The third-order valence-electron chi connectivity index (χ3n) is 2.71. The van der Waals surface area contributed by atoms with E-state index in [1.54, 1.807) is 0 Å². The molecule has 0 radical (unpaired) electrons. The van der Waals surface area contributed by atoms with Gasteiger partial charge in [-0.1, -0.05) is 22.9 Å². The van der Waals surface area contributed by atoms with E-state index >= 15 is 0 Å². The number of ether oxygens (including phenoxy) is 1. The Morgan fingerprint density at radius 1 is 1.48 bits per heavy atom. The molecule has 0 aliphatic carbocycles. The lowest BCUT2D eigenvalue weighted by Gasteiger charge is -2.15. The molecule has 0 aliphatic heterocycles. The van der Waals surface area contributed by atoms with Crippen molar-refractivity contribution in [2.24, 2.45) is 11.7 Å². The maximum atomic E-state index is 12.3. The second-order valence-corrected chi connectivity index (χ2v) is 5.53. The summed E-state index contributed by atoms with van der Waals surface area (Å²) in [7, 11) is 0. The molecule has 0 aliphatic rings. The number of anilines is 1. The Kier molecular flexibility index (Phi) is 6.47. The number of carbonyl (C=O) groups excluding carboxylic acids is 1. The van der Waals surface area contributed by atoms with Crippen molar-refractivity contribution >= 4 is 27.5 Å². The van der Waals surface area contributed by atoms with Gasteiger partial charge < -0.3 is 15.8 Å². The van der Waals surface area contributed by atoms with E-state index in [4.69, 9.17) is 5.73 Å². The summed E-state index contributed by atoms with van der Waals surface area (Å²) in [5.74, 6) is -0.673. The average Bonchev–Trinajstić information content (AvgIpc) is 2.37. The molecule has 1 aromatic rings. The SMILES string of the molecule is CC(CN)CCC(=O)Nc1ccc(Br)cc1OC(F)(F)F. The number of hydrogen-bond donors (Lipinski definition) is 2. The van der Waals surface area contributed by atoms with Crippen LogP contribution in [0, 0.1) is 5.92 Å². The highest BCUT2D eigenvalue weighted by atomic mass is 79.9. The molecule has 21 heavy (non-hydrogen) atoms. The molecule has 0 saturated heterocycles. The lowest BCUT2D eigenvalue weighted by molar-refractivity contribution is -0.274. The third kappa shape index (κ3) is 6.81. The second kappa shape index (κ2) is 7.65. The van der Waals surface area contributed by atoms with Gasteiger partial charge in [0.15, 0.2) is 5.75 Å². The van der Waals surface area contributed by atoms with Crippen molar-refractivity contribution in [3.63, 3.8) is 0 Å². The molecule has 0 fully saturated rings. The second-order valence-electron chi connectivity index (χ2n) is 4.62. The van der Waals surface area contributed by atoms with Gasteiger partial charge in [0.25, 0.3) is 0 Å². The maximum Gasteiger partial charge on any atom is 0.573 e. The fraction of sp³-hybridized carbons (Fsp3) is 0.462. The van der Waals surface area contributed by atoms with Crippen LogP contribution >= 0.6 is 15.9 Å². The van der Waals surface area contributed by atoms with E-state index < -0.39 is 12.1 Å². The van der Waals surface area contributed by atoms with Gasteiger partial charge in [0, 0.05) is 10.9 Å². The summed E-state index contributed by atoms with van der Waals surface area (Å²) in [5.41, 5.74) is 5.41. The lowest BCUT2D eigenvalue weighted by atomic mass is 10.1. The van der Waals surface area contributed by atoms with E-state index in [1.165, 1.54) is 12.1 Å². The highest BCUT2D eigenvalue weighted by Crippen LogP contribution is 2.33. The number of carbonyl (C=O) groups is 1. The zero-order chi connectivity index (χ0) is 16.0. The first-order valence-corrected chi connectivity index (χ1v) is 7.05. The highest BCUT2D eigenvalue weighted by molar-refractivity contribution is 9.10. The smallest absolute Gasteiger partial charge is 0.404 e. The van der Waals surface area contributed by atoms with E-state index in [-0.39, 0.29) is 23.9 Å². The van der Waals surface area contributed by atoms with Crippen LogP contribution in [-0.4, -0.2) is 18.8 Å². The summed E-state index contributed by atoms with van der Waals surface area (Å²) in [5, 5.41) is 2.41. The molecule has 0 spiro atoms. The van der Waals surface area contributed by atoms with Crippen LogP contribution in [0.1, 0.15) is 19.8 Å². The lowest BCUT2D eigenvalue weighted by Crippen LogP contribution is -2.20.